The van der Waals surface area contributed by atoms with Crippen LogP contribution in [0, 0.1) is 6.92 Å². The predicted molar refractivity (Wildman–Crippen MR) is 142 cm³/mol. The molecule has 0 bridgehead atoms. The molecule has 0 aromatic heterocycles. The van der Waals surface area contributed by atoms with Gasteiger partial charge < -0.3 is 14.6 Å². The lowest BCUT2D eigenvalue weighted by molar-refractivity contribution is -0.133. The summed E-state index contributed by atoms with van der Waals surface area (Å²) in [5.74, 6) is 0.194. The Morgan fingerprint density at radius 1 is 1.03 bits per heavy atom. The Kier molecular flexibility index (Phi) is 10.6. The lowest BCUT2D eigenvalue weighted by atomic mass is 9.93. The number of ether oxygens (including phenoxy) is 2. The number of carbonyl (C=O) groups excluding carboxylic acids is 1. The van der Waals surface area contributed by atoms with Gasteiger partial charge in [0.25, 0.3) is 0 Å². The molecule has 1 unspecified atom stereocenters. The van der Waals surface area contributed by atoms with E-state index in [0.29, 0.717) is 17.7 Å². The van der Waals surface area contributed by atoms with Gasteiger partial charge in [-0.1, -0.05) is 35.5 Å². The summed E-state index contributed by atoms with van der Waals surface area (Å²) in [6.45, 7) is 11.6. The number of carboxylic acid groups (broad SMARTS) is 1. The van der Waals surface area contributed by atoms with Gasteiger partial charge in [0, 0.05) is 18.1 Å². The van der Waals surface area contributed by atoms with Crippen molar-refractivity contribution in [2.24, 2.45) is 0 Å². The monoisotopic (exact) mass is 480 g/mol. The highest BCUT2D eigenvalue weighted by molar-refractivity contribution is 5.86. The number of carboxylic acids is 1. The van der Waals surface area contributed by atoms with Crippen LogP contribution in [0.2, 0.25) is 0 Å². The van der Waals surface area contributed by atoms with E-state index in [4.69, 9.17) is 9.47 Å². The number of carbonyl (C=O) groups is 2. The maximum Gasteiger partial charge on any atom is 0.331 e. The van der Waals surface area contributed by atoms with Crippen LogP contribution in [0.1, 0.15) is 90.7 Å². The highest BCUT2D eigenvalue weighted by atomic mass is 16.5. The molecule has 1 atom stereocenters. The van der Waals surface area contributed by atoms with Crippen LogP contribution >= 0.6 is 0 Å². The Morgan fingerprint density at radius 3 is 2.43 bits per heavy atom. The predicted octanol–water partition coefficient (Wildman–Crippen LogP) is 7.74. The summed E-state index contributed by atoms with van der Waals surface area (Å²) in [6, 6.07) is 3.65. The maximum absolute atomic E-state index is 11.5. The van der Waals surface area contributed by atoms with Gasteiger partial charge in [0.05, 0.1) is 0 Å². The maximum atomic E-state index is 11.5. The van der Waals surface area contributed by atoms with Crippen LogP contribution in [-0.4, -0.2) is 22.6 Å². The van der Waals surface area contributed by atoms with Crippen molar-refractivity contribution < 1.29 is 24.2 Å². The number of fused-ring (bicyclic) bond motifs is 1. The second-order valence-electron chi connectivity index (χ2n) is 9.84. The molecule has 0 saturated carbocycles. The summed E-state index contributed by atoms with van der Waals surface area (Å²) < 4.78 is 11.6. The molecule has 1 aliphatic heterocycles. The van der Waals surface area contributed by atoms with Gasteiger partial charge >= 0.3 is 11.9 Å². The van der Waals surface area contributed by atoms with Crippen molar-refractivity contribution in [2.75, 3.05) is 0 Å². The number of hydrogen-bond acceptors (Lipinski definition) is 4. The first kappa shape index (κ1) is 28.2. The zero-order chi connectivity index (χ0) is 26.0. The third-order valence-electron chi connectivity index (χ3n) is 6.03. The molecular weight excluding hydrogens is 440 g/mol. The molecule has 0 amide bonds. The van der Waals surface area contributed by atoms with E-state index in [1.165, 1.54) is 18.1 Å². The number of esters is 1. The number of aliphatic carboxylic acids is 1. The zero-order valence-corrected chi connectivity index (χ0v) is 22.1. The molecule has 5 nitrogen and oxygen atoms in total. The average Bonchev–Trinajstić information content (AvgIpc) is 2.75. The molecule has 0 fully saturated rings. The molecule has 0 radical (unpaired) electrons. The number of rotatable bonds is 12. The van der Waals surface area contributed by atoms with Crippen LogP contribution in [0.15, 0.2) is 53.2 Å². The summed E-state index contributed by atoms with van der Waals surface area (Å²) in [7, 11) is 0. The molecule has 35 heavy (non-hydrogen) atoms. The largest absolute Gasteiger partial charge is 0.483 e. The molecule has 190 valence electrons. The first-order valence-electron chi connectivity index (χ1n) is 12.4. The second-order valence-corrected chi connectivity index (χ2v) is 9.84. The molecular formula is C30H40O5. The van der Waals surface area contributed by atoms with Crippen molar-refractivity contribution in [1.82, 2.24) is 0 Å². The summed E-state index contributed by atoms with van der Waals surface area (Å²) >= 11 is 0. The standard InChI is InChI=1S/C30H40O5/c1-21(2)11-7-8-14-25(29(32)33)15-9-12-22(3)13-10-17-30(6)18-16-26-20-27(34-24(5)31)19-23(4)28(26)35-30/h11,13,15-16,18-20H,7-10,12,14,17H2,1-6H3,(H,32,33). The fourth-order valence-electron chi connectivity index (χ4n) is 4.08. The van der Waals surface area contributed by atoms with E-state index in [1.54, 1.807) is 0 Å². The Balaban J connectivity index is 1.88. The van der Waals surface area contributed by atoms with Crippen LogP contribution < -0.4 is 9.47 Å². The minimum atomic E-state index is -0.812. The summed E-state index contributed by atoms with van der Waals surface area (Å²) in [6.07, 6.45) is 16.0. The van der Waals surface area contributed by atoms with Crippen LogP contribution in [0.4, 0.5) is 0 Å². The van der Waals surface area contributed by atoms with Crippen LogP contribution in [0.25, 0.3) is 6.08 Å². The van der Waals surface area contributed by atoms with Gasteiger partial charge in [0.2, 0.25) is 0 Å². The van der Waals surface area contributed by atoms with Crippen molar-refractivity contribution in [3.05, 3.63) is 64.3 Å². The second kappa shape index (κ2) is 13.1. The van der Waals surface area contributed by atoms with E-state index in [-0.39, 0.29) is 5.97 Å². The number of benzene rings is 1. The Bertz CT molecular complexity index is 1040. The van der Waals surface area contributed by atoms with Crippen molar-refractivity contribution in [3.63, 3.8) is 0 Å². The Morgan fingerprint density at radius 2 is 1.77 bits per heavy atom. The fraction of sp³-hybridized carbons (Fsp3) is 0.467. The van der Waals surface area contributed by atoms with E-state index < -0.39 is 11.6 Å². The molecule has 1 aromatic carbocycles. The SMILES string of the molecule is CC(=O)Oc1cc(C)c2c(c1)C=CC(C)(CCC=C(C)CCC=C(CCCC=C(C)C)C(=O)O)O2. The topological polar surface area (TPSA) is 72.8 Å². The molecule has 1 N–H and O–H groups in total. The molecule has 0 saturated heterocycles. The fourth-order valence-corrected chi connectivity index (χ4v) is 4.08. The minimum Gasteiger partial charge on any atom is -0.483 e. The van der Waals surface area contributed by atoms with E-state index in [0.717, 1.165) is 55.4 Å². The minimum absolute atomic E-state index is 0.341. The van der Waals surface area contributed by atoms with Crippen molar-refractivity contribution in [3.8, 4) is 11.5 Å². The molecule has 1 aromatic rings. The van der Waals surface area contributed by atoms with E-state index in [2.05, 4.69) is 45.9 Å². The molecule has 1 heterocycles. The first-order chi connectivity index (χ1) is 16.5. The number of aryl methyl sites for hydroxylation is 1. The Hall–Kier alpha value is -3.08. The summed E-state index contributed by atoms with van der Waals surface area (Å²) in [5.41, 5.74) is 4.46. The molecule has 5 heteroatoms. The lowest BCUT2D eigenvalue weighted by Crippen LogP contribution is -2.32. The van der Waals surface area contributed by atoms with Gasteiger partial charge in [-0.3, -0.25) is 4.79 Å². The third-order valence-corrected chi connectivity index (χ3v) is 6.03. The number of hydrogen-bond donors (Lipinski definition) is 1. The van der Waals surface area contributed by atoms with Crippen LogP contribution in [0.3, 0.4) is 0 Å². The quantitative estimate of drug-likeness (QED) is 0.109. The normalized spacial score (nSPS) is 17.4. The van der Waals surface area contributed by atoms with Crippen LogP contribution in [-0.2, 0) is 9.59 Å². The van der Waals surface area contributed by atoms with Gasteiger partial charge in [-0.05, 0) is 103 Å². The lowest BCUT2D eigenvalue weighted by Gasteiger charge is -2.32. The molecule has 0 aliphatic carbocycles. The molecule has 2 rings (SSSR count). The first-order valence-corrected chi connectivity index (χ1v) is 12.4. The summed E-state index contributed by atoms with van der Waals surface area (Å²) in [4.78, 5) is 22.8. The van der Waals surface area contributed by atoms with Gasteiger partial charge in [-0.25, -0.2) is 4.79 Å². The van der Waals surface area contributed by atoms with Gasteiger partial charge in [-0.15, -0.1) is 0 Å². The number of unbranched alkanes of at least 4 members (excludes halogenated alkanes) is 1. The Labute approximate surface area is 210 Å². The van der Waals surface area contributed by atoms with Crippen LogP contribution in [0.5, 0.6) is 11.5 Å². The smallest absolute Gasteiger partial charge is 0.331 e. The van der Waals surface area contributed by atoms with Crippen molar-refractivity contribution in [1.29, 1.82) is 0 Å². The average molecular weight is 481 g/mol. The van der Waals surface area contributed by atoms with Crippen molar-refractivity contribution in [2.45, 2.75) is 92.1 Å². The summed E-state index contributed by atoms with van der Waals surface area (Å²) in [5, 5.41) is 9.46. The number of allylic oxidation sites excluding steroid dienone is 5. The van der Waals surface area contributed by atoms with Gasteiger partial charge in [0.1, 0.15) is 17.1 Å². The highest BCUT2D eigenvalue weighted by Gasteiger charge is 2.28. The molecule has 1 aliphatic rings. The molecule has 0 spiro atoms. The zero-order valence-electron chi connectivity index (χ0n) is 22.1. The van der Waals surface area contributed by atoms with Crippen molar-refractivity contribution >= 4 is 18.0 Å². The van der Waals surface area contributed by atoms with Gasteiger partial charge in [0.15, 0.2) is 0 Å². The third kappa shape index (κ3) is 9.59. The van der Waals surface area contributed by atoms with E-state index in [9.17, 15) is 14.7 Å². The van der Waals surface area contributed by atoms with E-state index in [1.807, 2.05) is 31.2 Å². The highest BCUT2D eigenvalue weighted by Crippen LogP contribution is 2.38. The van der Waals surface area contributed by atoms with Gasteiger partial charge in [-0.2, -0.15) is 0 Å². The van der Waals surface area contributed by atoms with E-state index >= 15 is 0 Å².